The highest BCUT2D eigenvalue weighted by Crippen LogP contribution is 2.34. The molecule has 1 aromatic heterocycles. The van der Waals surface area contributed by atoms with Crippen LogP contribution in [0.3, 0.4) is 0 Å². The summed E-state index contributed by atoms with van der Waals surface area (Å²) in [5.41, 5.74) is 3.79. The number of hydrogen-bond donors (Lipinski definition) is 0. The molecule has 2 aromatic rings. The Bertz CT molecular complexity index is 591. The second-order valence-electron chi connectivity index (χ2n) is 6.55. The molecule has 0 bridgehead atoms. The van der Waals surface area contributed by atoms with Crippen LogP contribution in [-0.4, -0.2) is 4.98 Å². The van der Waals surface area contributed by atoms with Gasteiger partial charge in [0, 0.05) is 17.2 Å². The fourth-order valence-electron chi connectivity index (χ4n) is 2.18. The third-order valence-electron chi connectivity index (χ3n) is 3.85. The molecule has 0 N–H and O–H groups in total. The van der Waals surface area contributed by atoms with E-state index in [2.05, 4.69) is 27.7 Å². The third kappa shape index (κ3) is 3.24. The van der Waals surface area contributed by atoms with E-state index in [0.717, 1.165) is 22.5 Å². The van der Waals surface area contributed by atoms with E-state index in [0.29, 0.717) is 5.92 Å². The molecule has 0 fully saturated rings. The molecule has 0 saturated heterocycles. The Hall–Kier alpha value is -1.70. The molecular formula is C18H22FN. The summed E-state index contributed by atoms with van der Waals surface area (Å²) in [5.74, 6) is 0.133. The molecule has 0 radical (unpaired) electrons. The molecule has 0 spiro atoms. The van der Waals surface area contributed by atoms with Crippen molar-refractivity contribution in [1.82, 2.24) is 4.98 Å². The van der Waals surface area contributed by atoms with Gasteiger partial charge >= 0.3 is 0 Å². The zero-order valence-electron chi connectivity index (χ0n) is 12.9. The maximum Gasteiger partial charge on any atom is 0.124 e. The molecule has 0 aliphatic carbocycles. The summed E-state index contributed by atoms with van der Waals surface area (Å²) in [6.45, 7) is 10.7. The average Bonchev–Trinajstić information content (AvgIpc) is 2.36. The van der Waals surface area contributed by atoms with E-state index in [1.807, 2.05) is 31.2 Å². The molecular weight excluding hydrogens is 249 g/mol. The Kier molecular flexibility index (Phi) is 3.94. The van der Waals surface area contributed by atoms with Crippen molar-refractivity contribution in [2.45, 2.75) is 40.5 Å². The lowest BCUT2D eigenvalue weighted by molar-refractivity contribution is 0.334. The minimum atomic E-state index is -0.212. The lowest BCUT2D eigenvalue weighted by Crippen LogP contribution is -2.16. The zero-order valence-corrected chi connectivity index (χ0v) is 12.9. The van der Waals surface area contributed by atoms with Gasteiger partial charge in [0.15, 0.2) is 0 Å². The number of nitrogens with zero attached hydrogens (tertiary/aromatic N) is 1. The minimum Gasteiger partial charge on any atom is -0.253 e. The largest absolute Gasteiger partial charge is 0.253 e. The van der Waals surface area contributed by atoms with Gasteiger partial charge in [-0.1, -0.05) is 33.8 Å². The summed E-state index contributed by atoms with van der Waals surface area (Å²) in [6.07, 6.45) is 0. The van der Waals surface area contributed by atoms with Gasteiger partial charge < -0.3 is 0 Å². The Morgan fingerprint density at radius 1 is 1.10 bits per heavy atom. The van der Waals surface area contributed by atoms with Gasteiger partial charge in [-0.25, -0.2) is 4.39 Å². The lowest BCUT2D eigenvalue weighted by atomic mass is 9.80. The van der Waals surface area contributed by atoms with Gasteiger partial charge in [-0.2, -0.15) is 0 Å². The average molecular weight is 271 g/mol. The van der Waals surface area contributed by atoms with Gasteiger partial charge in [0.25, 0.3) is 0 Å². The van der Waals surface area contributed by atoms with Crippen molar-refractivity contribution in [1.29, 1.82) is 0 Å². The Balaban J connectivity index is 2.44. The predicted octanol–water partition coefficient (Wildman–Crippen LogP) is 5.35. The molecule has 20 heavy (non-hydrogen) atoms. The van der Waals surface area contributed by atoms with Crippen molar-refractivity contribution in [3.63, 3.8) is 0 Å². The fourth-order valence-corrected chi connectivity index (χ4v) is 2.18. The molecule has 0 saturated carbocycles. The number of aromatic nitrogens is 1. The van der Waals surface area contributed by atoms with Gasteiger partial charge in [-0.05, 0) is 48.2 Å². The van der Waals surface area contributed by atoms with Crippen molar-refractivity contribution in [3.8, 4) is 11.3 Å². The highest BCUT2D eigenvalue weighted by Gasteiger charge is 2.23. The first-order chi connectivity index (χ1) is 9.27. The first kappa shape index (κ1) is 14.7. The minimum absolute atomic E-state index is 0.156. The monoisotopic (exact) mass is 271 g/mol. The summed E-state index contributed by atoms with van der Waals surface area (Å²) < 4.78 is 13.5. The highest BCUT2D eigenvalue weighted by molar-refractivity contribution is 5.60. The van der Waals surface area contributed by atoms with Crippen LogP contribution >= 0.6 is 0 Å². The van der Waals surface area contributed by atoms with E-state index in [1.54, 1.807) is 6.07 Å². The van der Waals surface area contributed by atoms with Crippen LogP contribution in [-0.2, 0) is 0 Å². The molecule has 1 nitrogen and oxygen atoms in total. The standard InChI is InChI=1S/C18H22FN/c1-12-9-14(11-15(19)10-12)17-8-6-7-16(20-17)13(2)18(3,4)5/h6-11,13H,1-5H3/t13-/m0/s1. The molecule has 0 unspecified atom stereocenters. The first-order valence-electron chi connectivity index (χ1n) is 7.02. The number of benzene rings is 1. The van der Waals surface area contributed by atoms with Crippen LogP contribution in [0.25, 0.3) is 11.3 Å². The smallest absolute Gasteiger partial charge is 0.124 e. The number of rotatable bonds is 2. The third-order valence-corrected chi connectivity index (χ3v) is 3.85. The van der Waals surface area contributed by atoms with E-state index >= 15 is 0 Å². The molecule has 1 aromatic carbocycles. The number of pyridine rings is 1. The van der Waals surface area contributed by atoms with Crippen molar-refractivity contribution in [3.05, 3.63) is 53.5 Å². The number of halogens is 1. The van der Waals surface area contributed by atoms with E-state index in [9.17, 15) is 4.39 Å². The van der Waals surface area contributed by atoms with Crippen LogP contribution in [0, 0.1) is 18.2 Å². The Morgan fingerprint density at radius 3 is 2.40 bits per heavy atom. The Morgan fingerprint density at radius 2 is 1.80 bits per heavy atom. The quantitative estimate of drug-likeness (QED) is 0.718. The van der Waals surface area contributed by atoms with Crippen LogP contribution in [0.4, 0.5) is 4.39 Å². The maximum absolute atomic E-state index is 13.5. The lowest BCUT2D eigenvalue weighted by Gasteiger charge is -2.27. The van der Waals surface area contributed by atoms with Gasteiger partial charge in [0.05, 0.1) is 5.69 Å². The van der Waals surface area contributed by atoms with Gasteiger partial charge in [0.2, 0.25) is 0 Å². The highest BCUT2D eigenvalue weighted by atomic mass is 19.1. The van der Waals surface area contributed by atoms with Gasteiger partial charge in [-0.15, -0.1) is 0 Å². The summed E-state index contributed by atoms with van der Waals surface area (Å²) in [6, 6.07) is 11.0. The summed E-state index contributed by atoms with van der Waals surface area (Å²) in [5, 5.41) is 0. The first-order valence-corrected chi connectivity index (χ1v) is 7.02. The molecule has 2 heteroatoms. The number of hydrogen-bond acceptors (Lipinski definition) is 1. The van der Waals surface area contributed by atoms with Crippen LogP contribution in [0.15, 0.2) is 36.4 Å². The van der Waals surface area contributed by atoms with Crippen LogP contribution in [0.2, 0.25) is 0 Å². The molecule has 2 rings (SSSR count). The van der Waals surface area contributed by atoms with Crippen LogP contribution in [0.5, 0.6) is 0 Å². The molecule has 0 aliphatic heterocycles. The van der Waals surface area contributed by atoms with E-state index in [-0.39, 0.29) is 11.2 Å². The molecule has 106 valence electrons. The van der Waals surface area contributed by atoms with E-state index in [4.69, 9.17) is 4.98 Å². The van der Waals surface area contributed by atoms with Crippen molar-refractivity contribution in [2.75, 3.05) is 0 Å². The molecule has 0 aliphatic rings. The molecule has 0 amide bonds. The summed E-state index contributed by atoms with van der Waals surface area (Å²) in [4.78, 5) is 4.72. The zero-order chi connectivity index (χ0) is 14.9. The molecule has 1 heterocycles. The fraction of sp³-hybridized carbons (Fsp3) is 0.389. The summed E-state index contributed by atoms with van der Waals surface area (Å²) >= 11 is 0. The second-order valence-corrected chi connectivity index (χ2v) is 6.55. The topological polar surface area (TPSA) is 12.9 Å². The predicted molar refractivity (Wildman–Crippen MR) is 82.2 cm³/mol. The van der Waals surface area contributed by atoms with Gasteiger partial charge in [-0.3, -0.25) is 4.98 Å². The van der Waals surface area contributed by atoms with Gasteiger partial charge in [0.1, 0.15) is 5.82 Å². The van der Waals surface area contributed by atoms with Crippen molar-refractivity contribution < 1.29 is 4.39 Å². The normalized spacial score (nSPS) is 13.3. The maximum atomic E-state index is 13.5. The summed E-state index contributed by atoms with van der Waals surface area (Å²) in [7, 11) is 0. The van der Waals surface area contributed by atoms with Crippen LogP contribution < -0.4 is 0 Å². The molecule has 1 atom stereocenters. The van der Waals surface area contributed by atoms with E-state index in [1.165, 1.54) is 6.07 Å². The van der Waals surface area contributed by atoms with Crippen molar-refractivity contribution >= 4 is 0 Å². The second kappa shape index (κ2) is 5.35. The number of aryl methyl sites for hydroxylation is 1. The van der Waals surface area contributed by atoms with Crippen LogP contribution in [0.1, 0.15) is 44.9 Å². The van der Waals surface area contributed by atoms with Crippen molar-refractivity contribution in [2.24, 2.45) is 5.41 Å². The Labute approximate surface area is 120 Å². The van der Waals surface area contributed by atoms with E-state index < -0.39 is 0 Å². The SMILES string of the molecule is Cc1cc(F)cc(-c2cccc([C@H](C)C(C)(C)C)n2)c1.